The van der Waals surface area contributed by atoms with Crippen LogP contribution in [0.15, 0.2) is 23.4 Å². The average Bonchev–Trinajstić information content (AvgIpc) is 2.50. The highest BCUT2D eigenvalue weighted by Gasteiger charge is 2.11. The number of hydrogen-bond acceptors (Lipinski definition) is 4. The minimum atomic E-state index is -0.406. The van der Waals surface area contributed by atoms with E-state index in [1.165, 1.54) is 12.1 Å². The lowest BCUT2D eigenvalue weighted by Gasteiger charge is -2.23. The third-order valence-electron chi connectivity index (χ3n) is 3.52. The molecule has 0 spiro atoms. The van der Waals surface area contributed by atoms with Crippen LogP contribution < -0.4 is 11.1 Å². The molecule has 0 aliphatic carbocycles. The standard InChI is InChI=1S/C15H25FN4O/c1-4-20(5-2)10-11(3)18-9-12-6-7-13(16)8-14(12)15(17)19-21/h6-8,11,18,21H,4-5,9-10H2,1-3H3,(H2,17,19). The van der Waals surface area contributed by atoms with Gasteiger partial charge < -0.3 is 21.2 Å². The Kier molecular flexibility index (Phi) is 7.11. The molecular weight excluding hydrogens is 271 g/mol. The van der Waals surface area contributed by atoms with Gasteiger partial charge in [0, 0.05) is 24.7 Å². The summed E-state index contributed by atoms with van der Waals surface area (Å²) in [7, 11) is 0. The van der Waals surface area contributed by atoms with Crippen LogP contribution in [0.2, 0.25) is 0 Å². The summed E-state index contributed by atoms with van der Waals surface area (Å²) in [6, 6.07) is 4.59. The van der Waals surface area contributed by atoms with Gasteiger partial charge >= 0.3 is 0 Å². The molecule has 0 radical (unpaired) electrons. The smallest absolute Gasteiger partial charge is 0.170 e. The second kappa shape index (κ2) is 8.59. The van der Waals surface area contributed by atoms with Crippen molar-refractivity contribution in [3.05, 3.63) is 35.1 Å². The molecule has 21 heavy (non-hydrogen) atoms. The summed E-state index contributed by atoms with van der Waals surface area (Å²) in [6.45, 7) is 9.86. The maximum absolute atomic E-state index is 13.3. The molecule has 0 fully saturated rings. The van der Waals surface area contributed by atoms with E-state index >= 15 is 0 Å². The highest BCUT2D eigenvalue weighted by Crippen LogP contribution is 2.11. The molecule has 1 unspecified atom stereocenters. The number of nitrogens with zero attached hydrogens (tertiary/aromatic N) is 2. The Bertz CT molecular complexity index is 475. The second-order valence-corrected chi connectivity index (χ2v) is 5.05. The molecule has 1 atom stereocenters. The van der Waals surface area contributed by atoms with Crippen LogP contribution in [0, 0.1) is 5.82 Å². The van der Waals surface area contributed by atoms with Gasteiger partial charge in [-0.2, -0.15) is 0 Å². The quantitative estimate of drug-likeness (QED) is 0.296. The molecule has 1 aromatic carbocycles. The van der Waals surface area contributed by atoms with E-state index in [0.29, 0.717) is 12.1 Å². The Morgan fingerprint density at radius 1 is 1.43 bits per heavy atom. The minimum Gasteiger partial charge on any atom is -0.409 e. The van der Waals surface area contributed by atoms with Crippen LogP contribution in [0.3, 0.4) is 0 Å². The van der Waals surface area contributed by atoms with Crippen molar-refractivity contribution >= 4 is 5.84 Å². The predicted molar refractivity (Wildman–Crippen MR) is 83.0 cm³/mol. The van der Waals surface area contributed by atoms with E-state index in [9.17, 15) is 4.39 Å². The van der Waals surface area contributed by atoms with Crippen molar-refractivity contribution in [3.8, 4) is 0 Å². The zero-order valence-corrected chi connectivity index (χ0v) is 12.9. The van der Waals surface area contributed by atoms with Crippen molar-refractivity contribution in [2.75, 3.05) is 19.6 Å². The van der Waals surface area contributed by atoms with Gasteiger partial charge in [-0.05, 0) is 37.7 Å². The third-order valence-corrected chi connectivity index (χ3v) is 3.52. The fourth-order valence-corrected chi connectivity index (χ4v) is 2.21. The maximum Gasteiger partial charge on any atom is 0.170 e. The normalized spacial score (nSPS) is 13.7. The lowest BCUT2D eigenvalue weighted by Crippen LogP contribution is -2.39. The van der Waals surface area contributed by atoms with Crippen LogP contribution in [-0.4, -0.2) is 41.6 Å². The first kappa shape index (κ1) is 17.4. The Morgan fingerprint density at radius 3 is 2.67 bits per heavy atom. The zero-order valence-electron chi connectivity index (χ0n) is 12.9. The molecule has 0 aliphatic rings. The van der Waals surface area contributed by atoms with Gasteiger partial charge in [0.15, 0.2) is 5.84 Å². The molecule has 0 aromatic heterocycles. The molecule has 1 rings (SSSR count). The molecule has 0 heterocycles. The third kappa shape index (κ3) is 5.32. The van der Waals surface area contributed by atoms with Crippen molar-refractivity contribution in [1.29, 1.82) is 0 Å². The van der Waals surface area contributed by atoms with E-state index in [0.717, 1.165) is 25.2 Å². The van der Waals surface area contributed by atoms with E-state index < -0.39 is 5.82 Å². The average molecular weight is 296 g/mol. The van der Waals surface area contributed by atoms with Gasteiger partial charge in [0.05, 0.1) is 0 Å². The number of halogens is 1. The maximum atomic E-state index is 13.3. The van der Waals surface area contributed by atoms with Gasteiger partial charge in [0.2, 0.25) is 0 Å². The van der Waals surface area contributed by atoms with Gasteiger partial charge in [-0.1, -0.05) is 25.1 Å². The molecule has 5 nitrogen and oxygen atoms in total. The zero-order chi connectivity index (χ0) is 15.8. The van der Waals surface area contributed by atoms with E-state index in [4.69, 9.17) is 10.9 Å². The van der Waals surface area contributed by atoms with E-state index in [2.05, 4.69) is 36.1 Å². The summed E-state index contributed by atoms with van der Waals surface area (Å²) < 4.78 is 13.3. The van der Waals surface area contributed by atoms with Crippen molar-refractivity contribution in [1.82, 2.24) is 10.2 Å². The molecule has 0 bridgehead atoms. The number of nitrogens with one attached hydrogen (secondary N) is 1. The fourth-order valence-electron chi connectivity index (χ4n) is 2.21. The van der Waals surface area contributed by atoms with Gasteiger partial charge in [0.1, 0.15) is 5.82 Å². The first-order chi connectivity index (χ1) is 10.0. The molecule has 0 saturated heterocycles. The van der Waals surface area contributed by atoms with Gasteiger partial charge in [-0.3, -0.25) is 0 Å². The van der Waals surface area contributed by atoms with Crippen LogP contribution in [0.1, 0.15) is 31.9 Å². The van der Waals surface area contributed by atoms with Crippen molar-refractivity contribution in [3.63, 3.8) is 0 Å². The highest BCUT2D eigenvalue weighted by molar-refractivity contribution is 5.98. The summed E-state index contributed by atoms with van der Waals surface area (Å²) in [5.74, 6) is -0.487. The SMILES string of the molecule is CCN(CC)CC(C)NCc1ccc(F)cc1C(N)=NO. The van der Waals surface area contributed by atoms with Crippen LogP contribution in [0.5, 0.6) is 0 Å². The highest BCUT2D eigenvalue weighted by atomic mass is 19.1. The molecule has 118 valence electrons. The molecule has 1 aromatic rings. The first-order valence-electron chi connectivity index (χ1n) is 7.23. The van der Waals surface area contributed by atoms with E-state index in [1.54, 1.807) is 6.07 Å². The van der Waals surface area contributed by atoms with Gasteiger partial charge in [-0.25, -0.2) is 4.39 Å². The molecule has 0 amide bonds. The van der Waals surface area contributed by atoms with Crippen LogP contribution in [0.25, 0.3) is 0 Å². The van der Waals surface area contributed by atoms with Gasteiger partial charge in [0.25, 0.3) is 0 Å². The fraction of sp³-hybridized carbons (Fsp3) is 0.533. The van der Waals surface area contributed by atoms with Crippen molar-refractivity contribution in [2.45, 2.75) is 33.4 Å². The Labute approximate surface area is 125 Å². The Hall–Kier alpha value is -1.66. The lowest BCUT2D eigenvalue weighted by atomic mass is 10.1. The topological polar surface area (TPSA) is 73.9 Å². The molecular formula is C15H25FN4O. The van der Waals surface area contributed by atoms with Crippen LogP contribution in [0.4, 0.5) is 4.39 Å². The Balaban J connectivity index is 2.71. The summed E-state index contributed by atoms with van der Waals surface area (Å²) in [4.78, 5) is 2.33. The second-order valence-electron chi connectivity index (χ2n) is 5.05. The summed E-state index contributed by atoms with van der Waals surface area (Å²) >= 11 is 0. The molecule has 0 saturated carbocycles. The number of benzene rings is 1. The largest absolute Gasteiger partial charge is 0.409 e. The summed E-state index contributed by atoms with van der Waals surface area (Å²) in [6.07, 6.45) is 0. The van der Waals surface area contributed by atoms with Crippen LogP contribution in [-0.2, 0) is 6.54 Å². The predicted octanol–water partition coefficient (Wildman–Crippen LogP) is 1.74. The number of rotatable bonds is 8. The van der Waals surface area contributed by atoms with Crippen molar-refractivity contribution < 1.29 is 9.60 Å². The van der Waals surface area contributed by atoms with E-state index in [-0.39, 0.29) is 11.9 Å². The Morgan fingerprint density at radius 2 is 2.10 bits per heavy atom. The minimum absolute atomic E-state index is 0.0808. The van der Waals surface area contributed by atoms with E-state index in [1.807, 2.05) is 0 Å². The monoisotopic (exact) mass is 296 g/mol. The van der Waals surface area contributed by atoms with Crippen molar-refractivity contribution in [2.24, 2.45) is 10.9 Å². The van der Waals surface area contributed by atoms with Gasteiger partial charge in [-0.15, -0.1) is 0 Å². The molecule has 6 heteroatoms. The molecule has 4 N–H and O–H groups in total. The lowest BCUT2D eigenvalue weighted by molar-refractivity contribution is 0.270. The summed E-state index contributed by atoms with van der Waals surface area (Å²) in [5.41, 5.74) is 6.81. The number of hydrogen-bond donors (Lipinski definition) is 3. The number of likely N-dealkylation sites (N-methyl/N-ethyl adjacent to an activating group) is 1. The van der Waals surface area contributed by atoms with Crippen LogP contribution >= 0.6 is 0 Å². The summed E-state index contributed by atoms with van der Waals surface area (Å²) in [5, 5.41) is 15.1. The first-order valence-corrected chi connectivity index (χ1v) is 7.23. The number of oxime groups is 1. The number of amidine groups is 1. The number of nitrogens with two attached hydrogens (primary N) is 1. The molecule has 0 aliphatic heterocycles.